The van der Waals surface area contributed by atoms with Crippen molar-refractivity contribution in [3.8, 4) is 0 Å². The zero-order chi connectivity index (χ0) is 21.6. The van der Waals surface area contributed by atoms with Crippen molar-refractivity contribution in [3.05, 3.63) is 84.4 Å². The van der Waals surface area contributed by atoms with E-state index in [1.54, 1.807) is 42.5 Å². The van der Waals surface area contributed by atoms with Gasteiger partial charge in [-0.1, -0.05) is 30.3 Å². The fraction of sp³-hybridized carbons (Fsp3) is 0.0476. The first-order valence-electron chi connectivity index (χ1n) is 8.82. The van der Waals surface area contributed by atoms with Crippen LogP contribution in [0.2, 0.25) is 0 Å². The lowest BCUT2D eigenvalue weighted by atomic mass is 10.2. The molecule has 3 aromatic rings. The number of hydrogen-bond acceptors (Lipinski definition) is 5. The molecule has 0 aliphatic carbocycles. The first-order valence-corrected chi connectivity index (χ1v) is 10.3. The van der Waals surface area contributed by atoms with Gasteiger partial charge in [-0.05, 0) is 48.5 Å². The quantitative estimate of drug-likeness (QED) is 0.518. The van der Waals surface area contributed by atoms with Crippen LogP contribution in [0.1, 0.15) is 10.4 Å². The summed E-state index contributed by atoms with van der Waals surface area (Å²) < 4.78 is 32.4. The van der Waals surface area contributed by atoms with E-state index >= 15 is 0 Å². The van der Waals surface area contributed by atoms with Crippen molar-refractivity contribution in [1.29, 1.82) is 0 Å². The molecule has 0 radical (unpaired) electrons. The molecule has 3 rings (SSSR count). The van der Waals surface area contributed by atoms with Crippen molar-refractivity contribution in [2.24, 2.45) is 0 Å². The van der Waals surface area contributed by atoms with Crippen LogP contribution in [0.4, 0.5) is 21.9 Å². The molecule has 0 unspecified atom stereocenters. The summed E-state index contributed by atoms with van der Waals surface area (Å²) in [5.41, 5.74) is 1.38. The molecule has 0 saturated heterocycles. The third kappa shape index (κ3) is 5.36. The van der Waals surface area contributed by atoms with Crippen LogP contribution >= 0.6 is 0 Å². The number of sulfonamides is 1. The number of amides is 2. The maximum atomic E-state index is 12.7. The lowest BCUT2D eigenvalue weighted by molar-refractivity contribution is 0.0600. The minimum Gasteiger partial charge on any atom is -0.465 e. The number of carbonyl (C=O) groups is 2. The first kappa shape index (κ1) is 20.9. The second-order valence-electron chi connectivity index (χ2n) is 6.15. The number of esters is 1. The van der Waals surface area contributed by atoms with Crippen molar-refractivity contribution in [2.75, 3.05) is 22.5 Å². The fourth-order valence-corrected chi connectivity index (χ4v) is 3.69. The number of nitrogens with one attached hydrogen (secondary N) is 3. The van der Waals surface area contributed by atoms with Crippen LogP contribution in [-0.4, -0.2) is 27.5 Å². The van der Waals surface area contributed by atoms with Crippen molar-refractivity contribution in [1.82, 2.24) is 0 Å². The molecule has 3 N–H and O–H groups in total. The van der Waals surface area contributed by atoms with E-state index in [1.165, 1.54) is 37.4 Å². The topological polar surface area (TPSA) is 114 Å². The number of methoxy groups -OCH3 is 1. The van der Waals surface area contributed by atoms with Crippen LogP contribution in [0.5, 0.6) is 0 Å². The normalized spacial score (nSPS) is 10.7. The van der Waals surface area contributed by atoms with Crippen LogP contribution in [0.15, 0.2) is 83.8 Å². The number of rotatable bonds is 6. The van der Waals surface area contributed by atoms with Crippen LogP contribution < -0.4 is 15.4 Å². The Morgan fingerprint density at radius 2 is 1.40 bits per heavy atom. The minimum absolute atomic E-state index is 0.0921. The van der Waals surface area contributed by atoms with E-state index in [-0.39, 0.29) is 16.1 Å². The summed E-state index contributed by atoms with van der Waals surface area (Å²) in [6.07, 6.45) is 0. The molecule has 0 atom stereocenters. The monoisotopic (exact) mass is 425 g/mol. The average Bonchev–Trinajstić information content (AvgIpc) is 2.74. The van der Waals surface area contributed by atoms with E-state index in [0.29, 0.717) is 11.4 Å². The van der Waals surface area contributed by atoms with Crippen molar-refractivity contribution >= 4 is 39.1 Å². The maximum Gasteiger partial charge on any atom is 0.337 e. The van der Waals surface area contributed by atoms with Crippen molar-refractivity contribution < 1.29 is 22.7 Å². The summed E-state index contributed by atoms with van der Waals surface area (Å²) in [4.78, 5) is 23.7. The second kappa shape index (κ2) is 9.10. The van der Waals surface area contributed by atoms with Gasteiger partial charge in [0.2, 0.25) is 0 Å². The number of carbonyl (C=O) groups excluding carboxylic acids is 2. The van der Waals surface area contributed by atoms with Gasteiger partial charge in [0.25, 0.3) is 10.0 Å². The van der Waals surface area contributed by atoms with Crippen LogP contribution in [-0.2, 0) is 14.8 Å². The molecule has 0 saturated carbocycles. The molecule has 2 amide bonds. The van der Waals surface area contributed by atoms with Gasteiger partial charge < -0.3 is 15.4 Å². The number of para-hydroxylation sites is 1. The average molecular weight is 425 g/mol. The summed E-state index contributed by atoms with van der Waals surface area (Å²) in [6.45, 7) is 0. The van der Waals surface area contributed by atoms with Crippen LogP contribution in [0.3, 0.4) is 0 Å². The second-order valence-corrected chi connectivity index (χ2v) is 7.83. The molecule has 0 fully saturated rings. The highest BCUT2D eigenvalue weighted by molar-refractivity contribution is 7.92. The van der Waals surface area contributed by atoms with Gasteiger partial charge in [0.05, 0.1) is 23.3 Å². The van der Waals surface area contributed by atoms with E-state index in [1.807, 2.05) is 6.07 Å². The van der Waals surface area contributed by atoms with E-state index in [2.05, 4.69) is 20.1 Å². The van der Waals surface area contributed by atoms with Gasteiger partial charge >= 0.3 is 12.0 Å². The molecule has 0 aliphatic rings. The summed E-state index contributed by atoms with van der Waals surface area (Å²) in [7, 11) is -2.74. The Hall–Kier alpha value is -3.85. The third-order valence-corrected chi connectivity index (χ3v) is 5.35. The largest absolute Gasteiger partial charge is 0.465 e. The number of ether oxygens (including phenoxy) is 1. The van der Waals surface area contributed by atoms with Gasteiger partial charge in [-0.25, -0.2) is 18.0 Å². The molecule has 0 aliphatic heterocycles. The highest BCUT2D eigenvalue weighted by atomic mass is 32.2. The Bertz CT molecular complexity index is 1160. The molecular weight excluding hydrogens is 406 g/mol. The molecule has 30 heavy (non-hydrogen) atoms. The highest BCUT2D eigenvalue weighted by Gasteiger charge is 2.17. The molecule has 0 spiro atoms. The van der Waals surface area contributed by atoms with E-state index < -0.39 is 22.0 Å². The molecule has 154 valence electrons. The number of hydrogen-bond donors (Lipinski definition) is 3. The molecule has 0 heterocycles. The summed E-state index contributed by atoms with van der Waals surface area (Å²) in [6, 6.07) is 20.2. The lowest BCUT2D eigenvalue weighted by Crippen LogP contribution is -2.19. The number of anilines is 3. The molecular formula is C21H19N3O5S. The highest BCUT2D eigenvalue weighted by Crippen LogP contribution is 2.21. The predicted molar refractivity (Wildman–Crippen MR) is 114 cm³/mol. The molecule has 0 aromatic heterocycles. The summed E-state index contributed by atoms with van der Waals surface area (Å²) >= 11 is 0. The summed E-state index contributed by atoms with van der Waals surface area (Å²) in [5, 5.41) is 5.32. The molecule has 0 bridgehead atoms. The van der Waals surface area contributed by atoms with E-state index in [0.717, 1.165) is 0 Å². The zero-order valence-corrected chi connectivity index (χ0v) is 16.8. The zero-order valence-electron chi connectivity index (χ0n) is 16.0. The van der Waals surface area contributed by atoms with Gasteiger partial charge in [-0.2, -0.15) is 0 Å². The van der Waals surface area contributed by atoms with Gasteiger partial charge in [-0.15, -0.1) is 0 Å². The third-order valence-electron chi connectivity index (χ3n) is 3.97. The van der Waals surface area contributed by atoms with E-state index in [4.69, 9.17) is 0 Å². The predicted octanol–water partition coefficient (Wildman–Crippen LogP) is 3.92. The Kier molecular flexibility index (Phi) is 6.33. The van der Waals surface area contributed by atoms with Gasteiger partial charge in [0.1, 0.15) is 0 Å². The van der Waals surface area contributed by atoms with Crippen LogP contribution in [0, 0.1) is 0 Å². The number of benzene rings is 3. The molecule has 3 aromatic carbocycles. The standard InChI is InChI=1S/C21H19N3O5S/c1-29-20(25)15-7-5-12-19(13-15)30(27,28)24-18-11-6-10-17(14-18)23-21(26)22-16-8-3-2-4-9-16/h2-14,24H,1H3,(H2,22,23,26). The number of urea groups is 1. The van der Waals surface area contributed by atoms with Gasteiger partial charge in [0.15, 0.2) is 0 Å². The van der Waals surface area contributed by atoms with Crippen LogP contribution in [0.25, 0.3) is 0 Å². The van der Waals surface area contributed by atoms with Crippen molar-refractivity contribution in [2.45, 2.75) is 4.90 Å². The SMILES string of the molecule is COC(=O)c1cccc(S(=O)(=O)Nc2cccc(NC(=O)Nc3ccccc3)c2)c1. The Morgan fingerprint density at radius 1 is 0.767 bits per heavy atom. The van der Waals surface area contributed by atoms with Gasteiger partial charge in [0, 0.05) is 11.4 Å². The fourth-order valence-electron chi connectivity index (χ4n) is 2.60. The Morgan fingerprint density at radius 3 is 2.13 bits per heavy atom. The maximum absolute atomic E-state index is 12.7. The lowest BCUT2D eigenvalue weighted by Gasteiger charge is -2.11. The van der Waals surface area contributed by atoms with E-state index in [9.17, 15) is 18.0 Å². The minimum atomic E-state index is -3.96. The molecule has 9 heteroatoms. The van der Waals surface area contributed by atoms with Gasteiger partial charge in [-0.3, -0.25) is 4.72 Å². The molecule has 8 nitrogen and oxygen atoms in total. The smallest absolute Gasteiger partial charge is 0.337 e. The Balaban J connectivity index is 1.73. The van der Waals surface area contributed by atoms with Crippen molar-refractivity contribution in [3.63, 3.8) is 0 Å². The Labute approximate surface area is 173 Å². The summed E-state index contributed by atoms with van der Waals surface area (Å²) in [5.74, 6) is -0.636. The first-order chi connectivity index (χ1) is 14.4.